The van der Waals surface area contributed by atoms with Gasteiger partial charge in [0.25, 0.3) is 5.91 Å². The average Bonchev–Trinajstić information content (AvgIpc) is 3.23. The smallest absolute Gasteiger partial charge is 0.259 e. The van der Waals surface area contributed by atoms with Crippen LogP contribution in [0.4, 0.5) is 5.95 Å². The molecule has 2 aliphatic rings. The van der Waals surface area contributed by atoms with Gasteiger partial charge in [-0.1, -0.05) is 5.16 Å². The van der Waals surface area contributed by atoms with Crippen LogP contribution in [0.3, 0.4) is 0 Å². The zero-order valence-electron chi connectivity index (χ0n) is 13.8. The van der Waals surface area contributed by atoms with Gasteiger partial charge in [-0.15, -0.1) is 0 Å². The van der Waals surface area contributed by atoms with Crippen LogP contribution in [0.25, 0.3) is 0 Å². The predicted octanol–water partition coefficient (Wildman–Crippen LogP) is 1.91. The quantitative estimate of drug-likeness (QED) is 0.839. The van der Waals surface area contributed by atoms with E-state index in [9.17, 15) is 4.79 Å². The lowest BCUT2D eigenvalue weighted by molar-refractivity contribution is 0.0608. The van der Waals surface area contributed by atoms with Crippen molar-refractivity contribution >= 4 is 11.9 Å². The topological polar surface area (TPSA) is 75.4 Å². The van der Waals surface area contributed by atoms with E-state index in [1.165, 1.54) is 6.20 Å². The molecule has 0 aliphatic carbocycles. The van der Waals surface area contributed by atoms with Crippen LogP contribution in [-0.4, -0.2) is 52.1 Å². The van der Waals surface area contributed by atoms with Crippen LogP contribution in [0, 0.1) is 12.3 Å². The minimum atomic E-state index is 0.0323. The van der Waals surface area contributed by atoms with Gasteiger partial charge in [-0.3, -0.25) is 4.79 Å². The van der Waals surface area contributed by atoms with Crippen molar-refractivity contribution in [2.75, 3.05) is 31.1 Å². The van der Waals surface area contributed by atoms with Crippen molar-refractivity contribution in [2.45, 2.75) is 26.2 Å². The predicted molar refractivity (Wildman–Crippen MR) is 87.7 cm³/mol. The summed E-state index contributed by atoms with van der Waals surface area (Å²) in [4.78, 5) is 25.5. The highest BCUT2D eigenvalue weighted by molar-refractivity contribution is 5.94. The molecular formula is C17H21N5O2. The first-order chi connectivity index (χ1) is 11.7. The second kappa shape index (κ2) is 5.89. The molecule has 24 heavy (non-hydrogen) atoms. The van der Waals surface area contributed by atoms with Crippen LogP contribution >= 0.6 is 0 Å². The van der Waals surface area contributed by atoms with Crippen molar-refractivity contribution in [1.82, 2.24) is 20.0 Å². The lowest BCUT2D eigenvalue weighted by Crippen LogP contribution is -2.44. The van der Waals surface area contributed by atoms with Crippen LogP contribution in [0.5, 0.6) is 0 Å². The standard InChI is InChI=1S/C17H21N5O2/c1-13-14(11-20-24-13)15(23)21-8-3-17(4-9-21)5-10-22(12-17)16-18-6-2-7-19-16/h2,6-7,11H,3-5,8-10,12H2,1H3. The number of aryl methyl sites for hydroxylation is 1. The molecule has 0 saturated carbocycles. The molecule has 0 N–H and O–H groups in total. The Bertz CT molecular complexity index is 722. The molecule has 126 valence electrons. The first-order valence-electron chi connectivity index (χ1n) is 8.39. The molecule has 4 heterocycles. The summed E-state index contributed by atoms with van der Waals surface area (Å²) in [5, 5.41) is 3.71. The number of anilines is 1. The van der Waals surface area contributed by atoms with Gasteiger partial charge in [0.15, 0.2) is 0 Å². The average molecular weight is 327 g/mol. The molecule has 2 aliphatic heterocycles. The maximum atomic E-state index is 12.6. The van der Waals surface area contributed by atoms with Crippen molar-refractivity contribution in [3.05, 3.63) is 36.0 Å². The molecule has 0 unspecified atom stereocenters. The third-order valence-corrected chi connectivity index (χ3v) is 5.37. The van der Waals surface area contributed by atoms with Gasteiger partial charge in [-0.25, -0.2) is 9.97 Å². The molecule has 4 rings (SSSR count). The summed E-state index contributed by atoms with van der Waals surface area (Å²) in [6.07, 6.45) is 8.27. The van der Waals surface area contributed by atoms with Crippen LogP contribution in [0.15, 0.2) is 29.2 Å². The summed E-state index contributed by atoms with van der Waals surface area (Å²) in [5.41, 5.74) is 0.858. The Morgan fingerprint density at radius 3 is 2.54 bits per heavy atom. The monoisotopic (exact) mass is 327 g/mol. The number of likely N-dealkylation sites (tertiary alicyclic amines) is 1. The van der Waals surface area contributed by atoms with Gasteiger partial charge in [0.1, 0.15) is 11.3 Å². The minimum absolute atomic E-state index is 0.0323. The fraction of sp³-hybridized carbons (Fsp3) is 0.529. The Balaban J connectivity index is 1.40. The number of carbonyl (C=O) groups excluding carboxylic acids is 1. The Kier molecular flexibility index (Phi) is 3.70. The molecule has 0 atom stereocenters. The van der Waals surface area contributed by atoms with Gasteiger partial charge in [0.05, 0.1) is 6.20 Å². The molecule has 7 nitrogen and oxygen atoms in total. The molecule has 2 fully saturated rings. The molecule has 7 heteroatoms. The number of hydrogen-bond acceptors (Lipinski definition) is 6. The van der Waals surface area contributed by atoms with Crippen molar-refractivity contribution in [2.24, 2.45) is 5.41 Å². The van der Waals surface area contributed by atoms with Crippen molar-refractivity contribution in [3.8, 4) is 0 Å². The fourth-order valence-corrected chi connectivity index (χ4v) is 3.83. The van der Waals surface area contributed by atoms with Gasteiger partial charge in [-0.2, -0.15) is 0 Å². The number of carbonyl (C=O) groups is 1. The summed E-state index contributed by atoms with van der Waals surface area (Å²) >= 11 is 0. The number of rotatable bonds is 2. The molecular weight excluding hydrogens is 306 g/mol. The summed E-state index contributed by atoms with van der Waals surface area (Å²) in [6, 6.07) is 1.84. The molecule has 0 radical (unpaired) electrons. The van der Waals surface area contributed by atoms with Gasteiger partial charge >= 0.3 is 0 Å². The van der Waals surface area contributed by atoms with Crippen LogP contribution < -0.4 is 4.90 Å². The Hall–Kier alpha value is -2.44. The van der Waals surface area contributed by atoms with E-state index in [2.05, 4.69) is 20.0 Å². The maximum absolute atomic E-state index is 12.6. The molecule has 1 amide bonds. The Labute approximate surface area is 140 Å². The number of piperidine rings is 1. The zero-order chi connectivity index (χ0) is 16.6. The Morgan fingerprint density at radius 2 is 1.88 bits per heavy atom. The van der Waals surface area contributed by atoms with E-state index in [1.807, 2.05) is 11.0 Å². The van der Waals surface area contributed by atoms with E-state index in [4.69, 9.17) is 4.52 Å². The van der Waals surface area contributed by atoms with Crippen LogP contribution in [-0.2, 0) is 0 Å². The Morgan fingerprint density at radius 1 is 1.17 bits per heavy atom. The van der Waals surface area contributed by atoms with Gasteiger partial charge in [0, 0.05) is 38.6 Å². The van der Waals surface area contributed by atoms with E-state index in [0.29, 0.717) is 11.3 Å². The zero-order valence-corrected chi connectivity index (χ0v) is 13.8. The molecule has 0 bridgehead atoms. The van der Waals surface area contributed by atoms with E-state index >= 15 is 0 Å². The third-order valence-electron chi connectivity index (χ3n) is 5.37. The van der Waals surface area contributed by atoms with Gasteiger partial charge < -0.3 is 14.3 Å². The highest BCUT2D eigenvalue weighted by atomic mass is 16.5. The second-order valence-corrected chi connectivity index (χ2v) is 6.81. The molecule has 1 spiro atoms. The lowest BCUT2D eigenvalue weighted by Gasteiger charge is -2.39. The number of aromatic nitrogens is 3. The van der Waals surface area contributed by atoms with E-state index in [0.717, 1.165) is 51.4 Å². The minimum Gasteiger partial charge on any atom is -0.361 e. The highest BCUT2D eigenvalue weighted by Crippen LogP contribution is 2.41. The van der Waals surface area contributed by atoms with Crippen LogP contribution in [0.2, 0.25) is 0 Å². The summed E-state index contributed by atoms with van der Waals surface area (Å²) in [5.74, 6) is 1.44. The first-order valence-corrected chi connectivity index (χ1v) is 8.39. The second-order valence-electron chi connectivity index (χ2n) is 6.81. The first kappa shape index (κ1) is 15.1. The van der Waals surface area contributed by atoms with Crippen molar-refractivity contribution < 1.29 is 9.32 Å². The van der Waals surface area contributed by atoms with Crippen LogP contribution in [0.1, 0.15) is 35.4 Å². The summed E-state index contributed by atoms with van der Waals surface area (Å²) < 4.78 is 5.01. The van der Waals surface area contributed by atoms with E-state index < -0.39 is 0 Å². The molecule has 2 aromatic rings. The number of hydrogen-bond donors (Lipinski definition) is 0. The van der Waals surface area contributed by atoms with Gasteiger partial charge in [-0.05, 0) is 37.7 Å². The highest BCUT2D eigenvalue weighted by Gasteiger charge is 2.42. The normalized spacial score (nSPS) is 19.9. The molecule has 2 aromatic heterocycles. The van der Waals surface area contributed by atoms with Crippen molar-refractivity contribution in [3.63, 3.8) is 0 Å². The largest absolute Gasteiger partial charge is 0.361 e. The van der Waals surface area contributed by atoms with E-state index in [-0.39, 0.29) is 11.3 Å². The molecule has 2 saturated heterocycles. The summed E-state index contributed by atoms with van der Waals surface area (Å²) in [6.45, 7) is 5.31. The SMILES string of the molecule is Cc1oncc1C(=O)N1CCC2(CC1)CCN(c1ncccn1)C2. The summed E-state index contributed by atoms with van der Waals surface area (Å²) in [7, 11) is 0. The van der Waals surface area contributed by atoms with E-state index in [1.54, 1.807) is 19.3 Å². The number of amides is 1. The van der Waals surface area contributed by atoms with Crippen molar-refractivity contribution in [1.29, 1.82) is 0 Å². The van der Waals surface area contributed by atoms with Gasteiger partial charge in [0.2, 0.25) is 5.95 Å². The molecule has 0 aromatic carbocycles. The third kappa shape index (κ3) is 2.64. The fourth-order valence-electron chi connectivity index (χ4n) is 3.83. The maximum Gasteiger partial charge on any atom is 0.259 e. The number of nitrogens with zero attached hydrogens (tertiary/aromatic N) is 5. The lowest BCUT2D eigenvalue weighted by atomic mass is 9.77.